The summed E-state index contributed by atoms with van der Waals surface area (Å²) in [5, 5.41) is 20.3. The maximum absolute atomic E-state index is 13.0. The van der Waals surface area contributed by atoms with E-state index in [1.807, 2.05) is 96.4 Å². The number of thiophene rings is 1. The van der Waals surface area contributed by atoms with Crippen molar-refractivity contribution in [2.75, 3.05) is 5.32 Å². The standard InChI is InChI=1S/C26H17N5OS/c32-26(21-11-4-7-17-6-1-2-10-20(17)21)27-19-9-3-8-18(16-19)22-13-14-24-28-29-25(31(24)30-22)23-12-5-15-33-23/h1-16H,(H,27,32). The molecule has 0 saturated heterocycles. The highest BCUT2D eigenvalue weighted by Gasteiger charge is 2.13. The first-order chi connectivity index (χ1) is 16.3. The van der Waals surface area contributed by atoms with Gasteiger partial charge < -0.3 is 5.32 Å². The van der Waals surface area contributed by atoms with Crippen LogP contribution in [0.5, 0.6) is 0 Å². The molecule has 0 atom stereocenters. The number of hydrogen-bond donors (Lipinski definition) is 1. The molecule has 0 aliphatic heterocycles. The molecule has 0 aliphatic rings. The quantitative estimate of drug-likeness (QED) is 0.364. The van der Waals surface area contributed by atoms with Crippen molar-refractivity contribution in [3.63, 3.8) is 0 Å². The molecule has 1 amide bonds. The van der Waals surface area contributed by atoms with Gasteiger partial charge in [0.2, 0.25) is 0 Å². The number of amides is 1. The first-order valence-corrected chi connectivity index (χ1v) is 11.3. The van der Waals surface area contributed by atoms with Gasteiger partial charge in [0, 0.05) is 16.8 Å². The first kappa shape index (κ1) is 19.3. The highest BCUT2D eigenvalue weighted by atomic mass is 32.1. The molecule has 6 aromatic rings. The van der Waals surface area contributed by atoms with E-state index in [0.29, 0.717) is 22.7 Å². The zero-order valence-electron chi connectivity index (χ0n) is 17.3. The Morgan fingerprint density at radius 3 is 2.64 bits per heavy atom. The average Bonchev–Trinajstić information content (AvgIpc) is 3.53. The van der Waals surface area contributed by atoms with Crippen LogP contribution in [0.25, 0.3) is 38.4 Å². The predicted octanol–water partition coefficient (Wildman–Crippen LogP) is 5.93. The van der Waals surface area contributed by atoms with Crippen LogP contribution in [-0.2, 0) is 0 Å². The molecule has 0 fully saturated rings. The van der Waals surface area contributed by atoms with Gasteiger partial charge >= 0.3 is 0 Å². The Labute approximate surface area is 193 Å². The zero-order valence-corrected chi connectivity index (χ0v) is 18.2. The van der Waals surface area contributed by atoms with Crippen molar-refractivity contribution in [3.05, 3.63) is 102 Å². The summed E-state index contributed by atoms with van der Waals surface area (Å²) in [4.78, 5) is 14.0. The van der Waals surface area contributed by atoms with Gasteiger partial charge in [0.05, 0.1) is 10.6 Å². The number of anilines is 1. The van der Waals surface area contributed by atoms with Crippen molar-refractivity contribution in [3.8, 4) is 22.0 Å². The minimum Gasteiger partial charge on any atom is -0.322 e. The van der Waals surface area contributed by atoms with Crippen LogP contribution in [0, 0.1) is 0 Å². The number of nitrogens with one attached hydrogen (secondary N) is 1. The summed E-state index contributed by atoms with van der Waals surface area (Å²) in [7, 11) is 0. The van der Waals surface area contributed by atoms with Gasteiger partial charge in [-0.1, -0.05) is 54.6 Å². The molecule has 158 valence electrons. The van der Waals surface area contributed by atoms with E-state index < -0.39 is 0 Å². The molecule has 33 heavy (non-hydrogen) atoms. The summed E-state index contributed by atoms with van der Waals surface area (Å²) in [6.07, 6.45) is 0. The third kappa shape index (κ3) is 3.54. The molecule has 7 heteroatoms. The molecule has 1 N–H and O–H groups in total. The Morgan fingerprint density at radius 2 is 1.73 bits per heavy atom. The van der Waals surface area contributed by atoms with Crippen LogP contribution in [0.4, 0.5) is 5.69 Å². The molecule has 3 aromatic heterocycles. The third-order valence-corrected chi connectivity index (χ3v) is 6.32. The van der Waals surface area contributed by atoms with Crippen molar-refractivity contribution >= 4 is 39.4 Å². The normalized spacial score (nSPS) is 11.2. The van der Waals surface area contributed by atoms with Crippen molar-refractivity contribution in [2.24, 2.45) is 0 Å². The Hall–Kier alpha value is -4.36. The summed E-state index contributed by atoms with van der Waals surface area (Å²) < 4.78 is 1.75. The number of carbonyl (C=O) groups is 1. The number of rotatable bonds is 4. The van der Waals surface area contributed by atoms with E-state index in [2.05, 4.69) is 15.5 Å². The van der Waals surface area contributed by atoms with Crippen molar-refractivity contribution < 1.29 is 4.79 Å². The molecule has 3 aromatic carbocycles. The topological polar surface area (TPSA) is 72.2 Å². The Kier molecular flexibility index (Phi) is 4.66. The summed E-state index contributed by atoms with van der Waals surface area (Å²) in [5.41, 5.74) is 3.68. The second-order valence-electron chi connectivity index (χ2n) is 7.55. The van der Waals surface area contributed by atoms with Crippen LogP contribution >= 0.6 is 11.3 Å². The summed E-state index contributed by atoms with van der Waals surface area (Å²) in [6, 6.07) is 29.1. The van der Waals surface area contributed by atoms with Gasteiger partial charge in [-0.3, -0.25) is 4.79 Å². The van der Waals surface area contributed by atoms with Crippen LogP contribution in [0.1, 0.15) is 10.4 Å². The van der Waals surface area contributed by atoms with Crippen molar-refractivity contribution in [1.82, 2.24) is 19.8 Å². The number of carbonyl (C=O) groups excluding carboxylic acids is 1. The van der Waals surface area contributed by atoms with E-state index in [1.165, 1.54) is 0 Å². The maximum atomic E-state index is 13.0. The van der Waals surface area contributed by atoms with E-state index >= 15 is 0 Å². The van der Waals surface area contributed by atoms with Crippen LogP contribution < -0.4 is 5.32 Å². The lowest BCUT2D eigenvalue weighted by Crippen LogP contribution is -2.12. The fraction of sp³-hybridized carbons (Fsp3) is 0. The number of benzene rings is 3. The van der Waals surface area contributed by atoms with Gasteiger partial charge in [-0.15, -0.1) is 21.5 Å². The molecule has 0 radical (unpaired) electrons. The molecule has 0 saturated carbocycles. The van der Waals surface area contributed by atoms with Gasteiger partial charge in [-0.2, -0.15) is 9.61 Å². The lowest BCUT2D eigenvalue weighted by atomic mass is 10.0. The number of hydrogen-bond acceptors (Lipinski definition) is 5. The summed E-state index contributed by atoms with van der Waals surface area (Å²) in [5.74, 6) is 0.563. The fourth-order valence-electron chi connectivity index (χ4n) is 3.88. The molecule has 0 unspecified atom stereocenters. The van der Waals surface area contributed by atoms with E-state index in [4.69, 9.17) is 5.10 Å². The third-order valence-electron chi connectivity index (χ3n) is 5.45. The summed E-state index contributed by atoms with van der Waals surface area (Å²) >= 11 is 1.59. The molecular weight excluding hydrogens is 430 g/mol. The zero-order chi connectivity index (χ0) is 22.2. The smallest absolute Gasteiger partial charge is 0.256 e. The van der Waals surface area contributed by atoms with Crippen LogP contribution in [0.15, 0.2) is 96.4 Å². The average molecular weight is 448 g/mol. The van der Waals surface area contributed by atoms with Crippen LogP contribution in [0.3, 0.4) is 0 Å². The minimum atomic E-state index is -0.147. The SMILES string of the molecule is O=C(Nc1cccc(-c2ccc3nnc(-c4cccs4)n3n2)c1)c1cccc2ccccc12. The van der Waals surface area contributed by atoms with E-state index in [0.717, 1.165) is 26.9 Å². The van der Waals surface area contributed by atoms with Gasteiger partial charge in [0.25, 0.3) is 5.91 Å². The van der Waals surface area contributed by atoms with E-state index in [9.17, 15) is 4.79 Å². The lowest BCUT2D eigenvalue weighted by Gasteiger charge is -2.10. The molecule has 0 aliphatic carbocycles. The highest BCUT2D eigenvalue weighted by Crippen LogP contribution is 2.26. The van der Waals surface area contributed by atoms with Crippen LogP contribution in [-0.4, -0.2) is 25.7 Å². The van der Waals surface area contributed by atoms with Crippen molar-refractivity contribution in [2.45, 2.75) is 0 Å². The number of aromatic nitrogens is 4. The second kappa shape index (κ2) is 7.96. The van der Waals surface area contributed by atoms with Gasteiger partial charge in [0.15, 0.2) is 11.5 Å². The number of fused-ring (bicyclic) bond motifs is 2. The molecular formula is C26H17N5OS. The molecule has 0 bridgehead atoms. The van der Waals surface area contributed by atoms with Crippen LogP contribution in [0.2, 0.25) is 0 Å². The van der Waals surface area contributed by atoms with E-state index in [1.54, 1.807) is 15.9 Å². The fourth-order valence-corrected chi connectivity index (χ4v) is 4.57. The predicted molar refractivity (Wildman–Crippen MR) is 131 cm³/mol. The van der Waals surface area contributed by atoms with Gasteiger partial charge in [-0.25, -0.2) is 0 Å². The molecule has 3 heterocycles. The molecule has 6 nitrogen and oxygen atoms in total. The largest absolute Gasteiger partial charge is 0.322 e. The number of nitrogens with zero attached hydrogens (tertiary/aromatic N) is 4. The monoisotopic (exact) mass is 447 g/mol. The second-order valence-corrected chi connectivity index (χ2v) is 8.50. The van der Waals surface area contributed by atoms with Gasteiger partial charge in [0.1, 0.15) is 0 Å². The lowest BCUT2D eigenvalue weighted by molar-refractivity contribution is 0.102. The molecule has 0 spiro atoms. The van der Waals surface area contributed by atoms with Crippen molar-refractivity contribution in [1.29, 1.82) is 0 Å². The van der Waals surface area contributed by atoms with Gasteiger partial charge in [-0.05, 0) is 52.6 Å². The Balaban J connectivity index is 1.34. The molecule has 6 rings (SSSR count). The first-order valence-electron chi connectivity index (χ1n) is 10.4. The Morgan fingerprint density at radius 1 is 0.848 bits per heavy atom. The Bertz CT molecular complexity index is 1620. The summed E-state index contributed by atoms with van der Waals surface area (Å²) in [6.45, 7) is 0. The highest BCUT2D eigenvalue weighted by molar-refractivity contribution is 7.13. The van der Waals surface area contributed by atoms with E-state index in [-0.39, 0.29) is 5.91 Å². The minimum absolute atomic E-state index is 0.147. The maximum Gasteiger partial charge on any atom is 0.256 e.